The fourth-order valence-electron chi connectivity index (χ4n) is 2.77. The summed E-state index contributed by atoms with van der Waals surface area (Å²) in [6.07, 6.45) is 4.21. The van der Waals surface area contributed by atoms with Gasteiger partial charge < -0.3 is 14.4 Å². The van der Waals surface area contributed by atoms with Crippen LogP contribution < -0.4 is 4.74 Å². The molecule has 0 unspecified atom stereocenters. The van der Waals surface area contributed by atoms with Gasteiger partial charge in [0.05, 0.1) is 19.6 Å². The molecule has 1 saturated heterocycles. The maximum absolute atomic E-state index is 12.4. The lowest BCUT2D eigenvalue weighted by molar-refractivity contribution is -0.130. The van der Waals surface area contributed by atoms with E-state index in [9.17, 15) is 4.79 Å². The summed E-state index contributed by atoms with van der Waals surface area (Å²) in [4.78, 5) is 14.3. The highest BCUT2D eigenvalue weighted by Gasteiger charge is 2.29. The van der Waals surface area contributed by atoms with E-state index in [1.165, 1.54) is 12.8 Å². The first-order valence-electron chi connectivity index (χ1n) is 7.77. The molecule has 114 valence electrons. The minimum absolute atomic E-state index is 0.164. The number of rotatable bonds is 6. The number of carbonyl (C=O) groups excluding carboxylic acids is 1. The van der Waals surface area contributed by atoms with Gasteiger partial charge in [-0.15, -0.1) is 0 Å². The van der Waals surface area contributed by atoms with E-state index in [0.29, 0.717) is 6.42 Å². The first kappa shape index (κ1) is 14.4. The highest BCUT2D eigenvalue weighted by molar-refractivity contribution is 5.79. The van der Waals surface area contributed by atoms with Crippen LogP contribution in [0.2, 0.25) is 0 Å². The predicted octanol–water partition coefficient (Wildman–Crippen LogP) is 2.27. The molecule has 2 aliphatic rings. The van der Waals surface area contributed by atoms with E-state index in [1.807, 2.05) is 29.2 Å². The van der Waals surface area contributed by atoms with E-state index in [-0.39, 0.29) is 12.0 Å². The van der Waals surface area contributed by atoms with Crippen molar-refractivity contribution in [3.8, 4) is 5.75 Å². The van der Waals surface area contributed by atoms with Gasteiger partial charge in [0.1, 0.15) is 5.75 Å². The standard InChI is InChI=1S/C17H23NO3/c1-20-16-5-3-2-4-14(16)10-17(19)18-9-8-15(11-18)21-12-13-6-7-13/h2-5,13,15H,6-12H2,1H3/t15-/m1/s1. The minimum Gasteiger partial charge on any atom is -0.496 e. The summed E-state index contributed by atoms with van der Waals surface area (Å²) in [6.45, 7) is 2.42. The second-order valence-corrected chi connectivity index (χ2v) is 6.02. The Kier molecular flexibility index (Phi) is 4.44. The molecule has 0 radical (unpaired) electrons. The number of methoxy groups -OCH3 is 1. The number of carbonyl (C=O) groups is 1. The molecule has 3 rings (SSSR count). The van der Waals surface area contributed by atoms with Crippen LogP contribution in [0.5, 0.6) is 5.75 Å². The van der Waals surface area contributed by atoms with Crippen LogP contribution in [0.4, 0.5) is 0 Å². The first-order chi connectivity index (χ1) is 10.3. The Morgan fingerprint density at radius 1 is 1.29 bits per heavy atom. The molecule has 1 amide bonds. The molecule has 0 spiro atoms. The van der Waals surface area contributed by atoms with Crippen LogP contribution in [0.3, 0.4) is 0 Å². The average Bonchev–Trinajstić information content (AvgIpc) is 3.22. The molecular formula is C17H23NO3. The molecule has 4 nitrogen and oxygen atoms in total. The van der Waals surface area contributed by atoms with Gasteiger partial charge in [-0.25, -0.2) is 0 Å². The lowest BCUT2D eigenvalue weighted by Crippen LogP contribution is -2.31. The van der Waals surface area contributed by atoms with Crippen molar-refractivity contribution in [1.29, 1.82) is 0 Å². The Morgan fingerprint density at radius 2 is 2.10 bits per heavy atom. The van der Waals surface area contributed by atoms with Crippen LogP contribution in [0.25, 0.3) is 0 Å². The average molecular weight is 289 g/mol. The number of hydrogen-bond donors (Lipinski definition) is 0. The second kappa shape index (κ2) is 6.48. The zero-order valence-electron chi connectivity index (χ0n) is 12.6. The molecule has 1 aliphatic carbocycles. The number of amides is 1. The third-order valence-electron chi connectivity index (χ3n) is 4.30. The summed E-state index contributed by atoms with van der Waals surface area (Å²) >= 11 is 0. The van der Waals surface area contributed by atoms with Crippen molar-refractivity contribution in [1.82, 2.24) is 4.90 Å². The van der Waals surface area contributed by atoms with Gasteiger partial charge in [0.2, 0.25) is 5.91 Å². The van der Waals surface area contributed by atoms with Crippen LogP contribution in [-0.2, 0) is 16.0 Å². The number of likely N-dealkylation sites (tertiary alicyclic amines) is 1. The number of nitrogens with zero attached hydrogens (tertiary/aromatic N) is 1. The van der Waals surface area contributed by atoms with Crippen molar-refractivity contribution in [3.05, 3.63) is 29.8 Å². The van der Waals surface area contributed by atoms with Gasteiger partial charge in [0.15, 0.2) is 0 Å². The largest absolute Gasteiger partial charge is 0.496 e. The van der Waals surface area contributed by atoms with E-state index < -0.39 is 0 Å². The van der Waals surface area contributed by atoms with Gasteiger partial charge in [-0.05, 0) is 31.2 Å². The van der Waals surface area contributed by atoms with E-state index in [0.717, 1.165) is 43.3 Å². The Bertz CT molecular complexity index is 499. The molecule has 4 heteroatoms. The molecule has 1 saturated carbocycles. The van der Waals surface area contributed by atoms with E-state index >= 15 is 0 Å². The zero-order chi connectivity index (χ0) is 14.7. The second-order valence-electron chi connectivity index (χ2n) is 6.02. The highest BCUT2D eigenvalue weighted by Crippen LogP contribution is 2.30. The topological polar surface area (TPSA) is 38.8 Å². The third-order valence-corrected chi connectivity index (χ3v) is 4.30. The summed E-state index contributed by atoms with van der Waals surface area (Å²) in [5.41, 5.74) is 0.951. The van der Waals surface area contributed by atoms with Crippen molar-refractivity contribution < 1.29 is 14.3 Å². The summed E-state index contributed by atoms with van der Waals surface area (Å²) in [5, 5.41) is 0. The predicted molar refractivity (Wildman–Crippen MR) is 80.4 cm³/mol. The lowest BCUT2D eigenvalue weighted by atomic mass is 10.1. The molecule has 21 heavy (non-hydrogen) atoms. The SMILES string of the molecule is COc1ccccc1CC(=O)N1CC[C@@H](OCC2CC2)C1. The summed E-state index contributed by atoms with van der Waals surface area (Å²) in [6, 6.07) is 7.71. The Labute approximate surface area is 126 Å². The maximum Gasteiger partial charge on any atom is 0.227 e. The molecule has 0 bridgehead atoms. The maximum atomic E-state index is 12.4. The fourth-order valence-corrected chi connectivity index (χ4v) is 2.77. The van der Waals surface area contributed by atoms with Crippen molar-refractivity contribution in [2.75, 3.05) is 26.8 Å². The van der Waals surface area contributed by atoms with Crippen LogP contribution in [0.15, 0.2) is 24.3 Å². The highest BCUT2D eigenvalue weighted by atomic mass is 16.5. The molecule has 0 N–H and O–H groups in total. The molecule has 1 aliphatic heterocycles. The first-order valence-corrected chi connectivity index (χ1v) is 7.77. The number of ether oxygens (including phenoxy) is 2. The van der Waals surface area contributed by atoms with Crippen molar-refractivity contribution in [3.63, 3.8) is 0 Å². The fraction of sp³-hybridized carbons (Fsp3) is 0.588. The number of para-hydroxylation sites is 1. The summed E-state index contributed by atoms with van der Waals surface area (Å²) in [5.74, 6) is 1.73. The van der Waals surface area contributed by atoms with Crippen molar-refractivity contribution in [2.24, 2.45) is 5.92 Å². The van der Waals surface area contributed by atoms with Crippen LogP contribution >= 0.6 is 0 Å². The quantitative estimate of drug-likeness (QED) is 0.806. The van der Waals surface area contributed by atoms with Gasteiger partial charge in [0.25, 0.3) is 0 Å². The van der Waals surface area contributed by atoms with Gasteiger partial charge in [-0.3, -0.25) is 4.79 Å². The monoisotopic (exact) mass is 289 g/mol. The van der Waals surface area contributed by atoms with E-state index in [1.54, 1.807) is 7.11 Å². The molecule has 2 fully saturated rings. The molecular weight excluding hydrogens is 266 g/mol. The van der Waals surface area contributed by atoms with Crippen molar-refractivity contribution in [2.45, 2.75) is 31.8 Å². The molecule has 1 aromatic carbocycles. The minimum atomic E-state index is 0.164. The Morgan fingerprint density at radius 3 is 2.86 bits per heavy atom. The molecule has 1 atom stereocenters. The molecule has 1 aromatic rings. The summed E-state index contributed by atoms with van der Waals surface area (Å²) < 4.78 is 11.2. The number of benzene rings is 1. The van der Waals surface area contributed by atoms with Crippen LogP contribution in [0, 0.1) is 5.92 Å². The van der Waals surface area contributed by atoms with E-state index in [4.69, 9.17) is 9.47 Å². The Hall–Kier alpha value is -1.55. The van der Waals surface area contributed by atoms with E-state index in [2.05, 4.69) is 0 Å². The zero-order valence-corrected chi connectivity index (χ0v) is 12.6. The van der Waals surface area contributed by atoms with Gasteiger partial charge in [-0.2, -0.15) is 0 Å². The van der Waals surface area contributed by atoms with Gasteiger partial charge in [0, 0.05) is 25.3 Å². The van der Waals surface area contributed by atoms with Crippen molar-refractivity contribution >= 4 is 5.91 Å². The molecule has 1 heterocycles. The smallest absolute Gasteiger partial charge is 0.227 e. The lowest BCUT2D eigenvalue weighted by Gasteiger charge is -2.17. The third kappa shape index (κ3) is 3.76. The normalized spacial score (nSPS) is 21.6. The van der Waals surface area contributed by atoms with Crippen LogP contribution in [0.1, 0.15) is 24.8 Å². The summed E-state index contributed by atoms with van der Waals surface area (Å²) in [7, 11) is 1.64. The molecule has 0 aromatic heterocycles. The Balaban J connectivity index is 1.51. The van der Waals surface area contributed by atoms with Gasteiger partial charge >= 0.3 is 0 Å². The number of hydrogen-bond acceptors (Lipinski definition) is 3. The van der Waals surface area contributed by atoms with Crippen LogP contribution in [-0.4, -0.2) is 43.7 Å². The van der Waals surface area contributed by atoms with Gasteiger partial charge in [-0.1, -0.05) is 18.2 Å².